The van der Waals surface area contributed by atoms with Crippen molar-refractivity contribution in [2.24, 2.45) is 0 Å². The summed E-state index contributed by atoms with van der Waals surface area (Å²) < 4.78 is 0. The summed E-state index contributed by atoms with van der Waals surface area (Å²) in [5.41, 5.74) is 4.70. The molecule has 0 bridgehead atoms. The average Bonchev–Trinajstić information content (AvgIpc) is 2.66. The summed E-state index contributed by atoms with van der Waals surface area (Å²) in [6, 6.07) is 6.65. The minimum Gasteiger partial charge on any atom is -0.310 e. The summed E-state index contributed by atoms with van der Waals surface area (Å²) in [5.74, 6) is 0. The van der Waals surface area contributed by atoms with Crippen molar-refractivity contribution in [1.82, 2.24) is 10.2 Å². The molecule has 1 N–H and O–H groups in total. The van der Waals surface area contributed by atoms with Gasteiger partial charge in [0, 0.05) is 18.6 Å². The van der Waals surface area contributed by atoms with Crippen LogP contribution in [0.1, 0.15) is 49.8 Å². The molecule has 1 aromatic carbocycles. The minimum absolute atomic E-state index is 0.313. The molecule has 112 valence electrons. The quantitative estimate of drug-likeness (QED) is 0.901. The number of hydrogen-bond donors (Lipinski definition) is 1. The average molecular weight is 274 g/mol. The molecule has 0 spiro atoms. The van der Waals surface area contributed by atoms with Crippen LogP contribution in [0.25, 0.3) is 0 Å². The van der Waals surface area contributed by atoms with Crippen molar-refractivity contribution in [3.8, 4) is 0 Å². The second-order valence-electron chi connectivity index (χ2n) is 6.35. The fourth-order valence-corrected chi connectivity index (χ4v) is 3.40. The fraction of sp³-hybridized carbons (Fsp3) is 0.667. The largest absolute Gasteiger partial charge is 0.310 e. The molecule has 2 nitrogen and oxygen atoms in total. The number of aryl methyl sites for hydroxylation is 2. The highest BCUT2D eigenvalue weighted by Crippen LogP contribution is 2.23. The summed E-state index contributed by atoms with van der Waals surface area (Å²) >= 11 is 0. The van der Waals surface area contributed by atoms with Crippen LogP contribution >= 0.6 is 0 Å². The van der Waals surface area contributed by atoms with Crippen LogP contribution in [0.5, 0.6) is 0 Å². The molecule has 1 aromatic rings. The molecule has 0 radical (unpaired) electrons. The molecule has 1 aliphatic heterocycles. The van der Waals surface area contributed by atoms with Gasteiger partial charge in [0.2, 0.25) is 0 Å². The first-order chi connectivity index (χ1) is 9.60. The van der Waals surface area contributed by atoms with Crippen molar-refractivity contribution in [1.29, 1.82) is 0 Å². The predicted molar refractivity (Wildman–Crippen MR) is 87.1 cm³/mol. The Labute approximate surface area is 124 Å². The van der Waals surface area contributed by atoms with Gasteiger partial charge in [0.1, 0.15) is 0 Å². The molecular formula is C18H30N2. The summed E-state index contributed by atoms with van der Waals surface area (Å²) in [6.45, 7) is 13.8. The predicted octanol–water partition coefficient (Wildman–Crippen LogP) is 3.66. The van der Waals surface area contributed by atoms with E-state index in [4.69, 9.17) is 0 Å². The zero-order valence-electron chi connectivity index (χ0n) is 13.6. The summed E-state index contributed by atoms with van der Waals surface area (Å²) in [5, 5.41) is 3.80. The maximum Gasteiger partial charge on any atom is 0.0303 e. The number of rotatable bonds is 4. The van der Waals surface area contributed by atoms with Crippen molar-refractivity contribution < 1.29 is 0 Å². The summed E-state index contributed by atoms with van der Waals surface area (Å²) in [4.78, 5) is 2.66. The Bertz CT molecular complexity index is 415. The monoisotopic (exact) mass is 274 g/mol. The van der Waals surface area contributed by atoms with E-state index in [-0.39, 0.29) is 0 Å². The number of hydrogen-bond acceptors (Lipinski definition) is 2. The standard InChI is InChI=1S/C18H30N2/c1-5-18(6-2)14-20(12-8-11-19-18)13-17-15(3)9-7-10-16(17)4/h7,9-10,19H,5-6,8,11-14H2,1-4H3. The van der Waals surface area contributed by atoms with E-state index in [1.54, 1.807) is 0 Å². The molecule has 0 aromatic heterocycles. The first kappa shape index (κ1) is 15.5. The second-order valence-corrected chi connectivity index (χ2v) is 6.35. The molecule has 0 aliphatic carbocycles. The lowest BCUT2D eigenvalue weighted by Crippen LogP contribution is -2.50. The molecule has 1 heterocycles. The topological polar surface area (TPSA) is 15.3 Å². The molecule has 20 heavy (non-hydrogen) atoms. The van der Waals surface area contributed by atoms with Gasteiger partial charge in [0.25, 0.3) is 0 Å². The Morgan fingerprint density at radius 1 is 1.15 bits per heavy atom. The lowest BCUT2D eigenvalue weighted by Gasteiger charge is -2.36. The maximum atomic E-state index is 3.80. The summed E-state index contributed by atoms with van der Waals surface area (Å²) in [6.07, 6.45) is 3.69. The number of benzene rings is 1. The van der Waals surface area contributed by atoms with Crippen LogP contribution in [0.3, 0.4) is 0 Å². The molecule has 0 saturated carbocycles. The molecule has 0 unspecified atom stereocenters. The van der Waals surface area contributed by atoms with E-state index in [1.165, 1.54) is 49.0 Å². The molecular weight excluding hydrogens is 244 g/mol. The van der Waals surface area contributed by atoms with Crippen molar-refractivity contribution in [2.45, 2.75) is 59.0 Å². The van der Waals surface area contributed by atoms with Gasteiger partial charge >= 0.3 is 0 Å². The van der Waals surface area contributed by atoms with Crippen LogP contribution in [0.15, 0.2) is 18.2 Å². The molecule has 1 saturated heterocycles. The van der Waals surface area contributed by atoms with Crippen LogP contribution < -0.4 is 5.32 Å². The molecule has 1 aliphatic rings. The lowest BCUT2D eigenvalue weighted by molar-refractivity contribution is 0.190. The van der Waals surface area contributed by atoms with Gasteiger partial charge in [0.05, 0.1) is 0 Å². The molecule has 1 fully saturated rings. The maximum absolute atomic E-state index is 3.80. The third-order valence-corrected chi connectivity index (χ3v) is 5.06. The number of nitrogens with one attached hydrogen (secondary N) is 1. The summed E-state index contributed by atoms with van der Waals surface area (Å²) in [7, 11) is 0. The van der Waals surface area contributed by atoms with Crippen molar-refractivity contribution >= 4 is 0 Å². The highest BCUT2D eigenvalue weighted by Gasteiger charge is 2.30. The Morgan fingerprint density at radius 2 is 1.80 bits per heavy atom. The van der Waals surface area contributed by atoms with Crippen LogP contribution in [0, 0.1) is 13.8 Å². The second kappa shape index (κ2) is 6.73. The van der Waals surface area contributed by atoms with E-state index in [9.17, 15) is 0 Å². The molecule has 2 heteroatoms. The van der Waals surface area contributed by atoms with Gasteiger partial charge in [-0.15, -0.1) is 0 Å². The SMILES string of the molecule is CCC1(CC)CN(Cc2c(C)cccc2C)CCCN1. The Morgan fingerprint density at radius 3 is 2.40 bits per heavy atom. The Kier molecular flexibility index (Phi) is 5.22. The normalized spacial score (nSPS) is 19.8. The van der Waals surface area contributed by atoms with E-state index in [0.29, 0.717) is 5.54 Å². The van der Waals surface area contributed by atoms with Gasteiger partial charge in [0.15, 0.2) is 0 Å². The Hall–Kier alpha value is -0.860. The van der Waals surface area contributed by atoms with Crippen LogP contribution in [-0.2, 0) is 6.54 Å². The van der Waals surface area contributed by atoms with Gasteiger partial charge in [-0.1, -0.05) is 32.0 Å². The van der Waals surface area contributed by atoms with E-state index in [0.717, 1.165) is 13.1 Å². The third-order valence-electron chi connectivity index (χ3n) is 5.06. The van der Waals surface area contributed by atoms with Crippen LogP contribution in [0.4, 0.5) is 0 Å². The molecule has 0 amide bonds. The number of nitrogens with zero attached hydrogens (tertiary/aromatic N) is 1. The van der Waals surface area contributed by atoms with Gasteiger partial charge in [-0.2, -0.15) is 0 Å². The van der Waals surface area contributed by atoms with Crippen molar-refractivity contribution in [2.75, 3.05) is 19.6 Å². The first-order valence-corrected chi connectivity index (χ1v) is 8.12. The van der Waals surface area contributed by atoms with E-state index >= 15 is 0 Å². The van der Waals surface area contributed by atoms with E-state index in [2.05, 4.69) is 56.1 Å². The highest BCUT2D eigenvalue weighted by molar-refractivity contribution is 5.33. The van der Waals surface area contributed by atoms with Crippen molar-refractivity contribution in [3.05, 3.63) is 34.9 Å². The molecule has 2 rings (SSSR count). The van der Waals surface area contributed by atoms with Crippen LogP contribution in [0.2, 0.25) is 0 Å². The van der Waals surface area contributed by atoms with Crippen molar-refractivity contribution in [3.63, 3.8) is 0 Å². The van der Waals surface area contributed by atoms with Gasteiger partial charge < -0.3 is 5.32 Å². The van der Waals surface area contributed by atoms with Gasteiger partial charge in [-0.3, -0.25) is 4.90 Å². The molecule has 0 atom stereocenters. The van der Waals surface area contributed by atoms with Gasteiger partial charge in [-0.05, 0) is 62.9 Å². The van der Waals surface area contributed by atoms with Crippen LogP contribution in [-0.4, -0.2) is 30.1 Å². The zero-order valence-corrected chi connectivity index (χ0v) is 13.6. The van der Waals surface area contributed by atoms with E-state index < -0.39 is 0 Å². The third kappa shape index (κ3) is 3.42. The minimum atomic E-state index is 0.313. The fourth-order valence-electron chi connectivity index (χ4n) is 3.40. The smallest absolute Gasteiger partial charge is 0.0303 e. The Balaban J connectivity index is 2.15. The van der Waals surface area contributed by atoms with Gasteiger partial charge in [-0.25, -0.2) is 0 Å². The lowest BCUT2D eigenvalue weighted by atomic mass is 9.92. The highest BCUT2D eigenvalue weighted by atomic mass is 15.2. The van der Waals surface area contributed by atoms with E-state index in [1.807, 2.05) is 0 Å². The zero-order chi connectivity index (χ0) is 14.6. The first-order valence-electron chi connectivity index (χ1n) is 8.12.